The molecule has 0 radical (unpaired) electrons. The molecule has 0 aliphatic heterocycles. The highest BCUT2D eigenvalue weighted by molar-refractivity contribution is 5.92. The van der Waals surface area contributed by atoms with Gasteiger partial charge in [-0.2, -0.15) is 5.10 Å². The van der Waals surface area contributed by atoms with Crippen molar-refractivity contribution in [2.45, 2.75) is 19.3 Å². The smallest absolute Gasteiger partial charge is 0.251 e. The molecule has 3 aromatic rings. The van der Waals surface area contributed by atoms with Gasteiger partial charge in [0, 0.05) is 18.2 Å². The van der Waals surface area contributed by atoms with Crippen LogP contribution in [-0.2, 0) is 5.41 Å². The van der Waals surface area contributed by atoms with Crippen LogP contribution in [-0.4, -0.2) is 37.4 Å². The summed E-state index contributed by atoms with van der Waals surface area (Å²) in [5.41, 5.74) is 6.20. The molecule has 1 aromatic carbocycles. The maximum absolute atomic E-state index is 13.1. The second-order valence-electron chi connectivity index (χ2n) is 6.42. The lowest BCUT2D eigenvalue weighted by atomic mass is 9.84. The van der Waals surface area contributed by atoms with Crippen molar-refractivity contribution in [1.82, 2.24) is 25.0 Å². The number of nitrogens with zero attached hydrogens (tertiary/aromatic N) is 5. The second-order valence-corrected chi connectivity index (χ2v) is 6.42. The van der Waals surface area contributed by atoms with Crippen molar-refractivity contribution in [1.29, 1.82) is 0 Å². The lowest BCUT2D eigenvalue weighted by molar-refractivity contribution is 0.100. The van der Waals surface area contributed by atoms with Crippen LogP contribution >= 0.6 is 0 Å². The maximum Gasteiger partial charge on any atom is 0.251 e. The highest BCUT2D eigenvalue weighted by Gasteiger charge is 2.21. The van der Waals surface area contributed by atoms with Crippen LogP contribution in [0.4, 0.5) is 10.3 Å². The predicted octanol–water partition coefficient (Wildman–Crippen LogP) is 1.68. The van der Waals surface area contributed by atoms with E-state index in [4.69, 9.17) is 5.73 Å². The summed E-state index contributed by atoms with van der Waals surface area (Å²) in [5.74, 6) is -0.121. The van der Waals surface area contributed by atoms with E-state index in [1.54, 1.807) is 12.1 Å². The molecule has 0 fully saturated rings. The highest BCUT2D eigenvalue weighted by atomic mass is 19.1. The number of rotatable bonds is 6. The van der Waals surface area contributed by atoms with Gasteiger partial charge < -0.3 is 11.1 Å². The molecule has 0 saturated carbocycles. The van der Waals surface area contributed by atoms with Gasteiger partial charge in [0.25, 0.3) is 5.91 Å². The van der Waals surface area contributed by atoms with Crippen LogP contribution in [0.2, 0.25) is 0 Å². The van der Waals surface area contributed by atoms with Crippen molar-refractivity contribution in [2.75, 3.05) is 11.9 Å². The van der Waals surface area contributed by atoms with E-state index in [-0.39, 0.29) is 16.8 Å². The van der Waals surface area contributed by atoms with Gasteiger partial charge in [-0.15, -0.1) is 10.2 Å². The fraction of sp³-hybridized carbons (Fsp3) is 0.235. The van der Waals surface area contributed by atoms with Crippen LogP contribution in [0.15, 0.2) is 42.9 Å². The Morgan fingerprint density at radius 1 is 1.23 bits per heavy atom. The fourth-order valence-electron chi connectivity index (χ4n) is 2.33. The van der Waals surface area contributed by atoms with Gasteiger partial charge in [-0.25, -0.2) is 14.1 Å². The predicted molar refractivity (Wildman–Crippen MR) is 93.4 cm³/mol. The topological polar surface area (TPSA) is 112 Å². The number of hydrogen-bond acceptors (Lipinski definition) is 6. The lowest BCUT2D eigenvalue weighted by Gasteiger charge is -2.25. The number of primary amides is 1. The first-order valence-corrected chi connectivity index (χ1v) is 7.90. The van der Waals surface area contributed by atoms with Gasteiger partial charge in [-0.3, -0.25) is 4.79 Å². The van der Waals surface area contributed by atoms with Gasteiger partial charge in [0.05, 0.1) is 18.0 Å². The molecular formula is C17H18FN7O. The number of anilines is 1. The molecule has 134 valence electrons. The van der Waals surface area contributed by atoms with Gasteiger partial charge in [-0.1, -0.05) is 26.0 Å². The third-order valence-electron chi connectivity index (χ3n) is 3.97. The first-order chi connectivity index (χ1) is 12.3. The molecule has 3 rings (SSSR count). The van der Waals surface area contributed by atoms with E-state index in [1.165, 1.54) is 35.4 Å². The number of carbonyl (C=O) groups is 1. The molecule has 0 spiro atoms. The van der Waals surface area contributed by atoms with Crippen LogP contribution < -0.4 is 11.1 Å². The van der Waals surface area contributed by atoms with Gasteiger partial charge in [0.15, 0.2) is 5.82 Å². The highest BCUT2D eigenvalue weighted by Crippen LogP contribution is 2.23. The Bertz CT molecular complexity index is 904. The number of aromatic nitrogens is 5. The summed E-state index contributed by atoms with van der Waals surface area (Å²) in [4.78, 5) is 15.3. The Morgan fingerprint density at radius 2 is 1.96 bits per heavy atom. The van der Waals surface area contributed by atoms with Crippen LogP contribution in [0.5, 0.6) is 0 Å². The Hall–Kier alpha value is -3.36. The summed E-state index contributed by atoms with van der Waals surface area (Å²) in [6.07, 6.45) is 4.29. The molecule has 0 saturated heterocycles. The first-order valence-electron chi connectivity index (χ1n) is 7.90. The van der Waals surface area contributed by atoms with Crippen LogP contribution in [0, 0.1) is 5.82 Å². The minimum absolute atomic E-state index is 0.256. The molecule has 8 nitrogen and oxygen atoms in total. The molecule has 26 heavy (non-hydrogen) atoms. The summed E-state index contributed by atoms with van der Waals surface area (Å²) < 4.78 is 14.4. The number of nitrogens with two attached hydrogens (primary N) is 1. The Kier molecular flexibility index (Phi) is 4.61. The SMILES string of the molecule is CC(C)(CNc1ncc(-n2cc(C(N)=O)cn2)nn1)c1ccc(F)cc1. The van der Waals surface area contributed by atoms with Gasteiger partial charge in [0.1, 0.15) is 5.82 Å². The molecular weight excluding hydrogens is 337 g/mol. The number of nitrogens with one attached hydrogen (secondary N) is 1. The monoisotopic (exact) mass is 355 g/mol. The Balaban J connectivity index is 1.67. The summed E-state index contributed by atoms with van der Waals surface area (Å²) in [7, 11) is 0. The molecule has 2 aromatic heterocycles. The van der Waals surface area contributed by atoms with Crippen molar-refractivity contribution in [3.63, 3.8) is 0 Å². The van der Waals surface area contributed by atoms with Crippen LogP contribution in [0.1, 0.15) is 29.8 Å². The van der Waals surface area contributed by atoms with Crippen molar-refractivity contribution >= 4 is 11.9 Å². The van der Waals surface area contributed by atoms with E-state index < -0.39 is 5.91 Å². The molecule has 1 amide bonds. The van der Waals surface area contributed by atoms with E-state index in [0.29, 0.717) is 18.3 Å². The summed E-state index contributed by atoms with van der Waals surface area (Å²) in [6, 6.07) is 6.39. The number of benzene rings is 1. The molecule has 0 bridgehead atoms. The Labute approximate surface area is 149 Å². The van der Waals surface area contributed by atoms with E-state index in [0.717, 1.165) is 5.56 Å². The maximum atomic E-state index is 13.1. The van der Waals surface area contributed by atoms with Gasteiger partial charge in [0.2, 0.25) is 5.95 Å². The fourth-order valence-corrected chi connectivity index (χ4v) is 2.33. The van der Waals surface area contributed by atoms with Gasteiger partial charge in [-0.05, 0) is 17.7 Å². The standard InChI is InChI=1S/C17H18FN7O/c1-17(2,12-3-5-13(18)6-4-12)10-21-16-20-8-14(23-24-16)25-9-11(7-22-25)15(19)26/h3-9H,10H2,1-2H3,(H2,19,26)(H,20,21,24). The quantitative estimate of drug-likeness (QED) is 0.696. The average Bonchev–Trinajstić information content (AvgIpc) is 3.11. The van der Waals surface area contributed by atoms with Gasteiger partial charge >= 0.3 is 0 Å². The second kappa shape index (κ2) is 6.87. The zero-order valence-electron chi connectivity index (χ0n) is 14.3. The van der Waals surface area contributed by atoms with Crippen molar-refractivity contribution in [3.8, 4) is 5.82 Å². The van der Waals surface area contributed by atoms with Crippen molar-refractivity contribution in [2.24, 2.45) is 5.73 Å². The Morgan fingerprint density at radius 3 is 2.54 bits per heavy atom. The van der Waals surface area contributed by atoms with E-state index >= 15 is 0 Å². The zero-order valence-corrected chi connectivity index (χ0v) is 14.3. The largest absolute Gasteiger partial charge is 0.366 e. The van der Waals surface area contributed by atoms with E-state index in [2.05, 4.69) is 25.6 Å². The average molecular weight is 355 g/mol. The normalized spacial score (nSPS) is 11.3. The minimum atomic E-state index is -0.571. The van der Waals surface area contributed by atoms with E-state index in [1.807, 2.05) is 13.8 Å². The molecule has 3 N–H and O–H groups in total. The van der Waals surface area contributed by atoms with Crippen molar-refractivity contribution in [3.05, 3.63) is 59.8 Å². The minimum Gasteiger partial charge on any atom is -0.366 e. The third-order valence-corrected chi connectivity index (χ3v) is 3.97. The molecule has 0 aliphatic rings. The number of amides is 1. The van der Waals surface area contributed by atoms with E-state index in [9.17, 15) is 9.18 Å². The zero-order chi connectivity index (χ0) is 18.7. The molecule has 0 aliphatic carbocycles. The molecule has 9 heteroatoms. The van der Waals surface area contributed by atoms with Crippen molar-refractivity contribution < 1.29 is 9.18 Å². The first kappa shape index (κ1) is 17.5. The summed E-state index contributed by atoms with van der Waals surface area (Å²) >= 11 is 0. The van der Waals surface area contributed by atoms with Crippen LogP contribution in [0.25, 0.3) is 5.82 Å². The lowest BCUT2D eigenvalue weighted by Crippen LogP contribution is -2.28. The third kappa shape index (κ3) is 3.82. The molecule has 2 heterocycles. The molecule has 0 unspecified atom stereocenters. The number of halogens is 1. The number of carbonyl (C=O) groups excluding carboxylic acids is 1. The molecule has 0 atom stereocenters. The summed E-state index contributed by atoms with van der Waals surface area (Å²) in [5, 5.41) is 15.2. The van der Waals surface area contributed by atoms with Crippen LogP contribution in [0.3, 0.4) is 0 Å². The number of hydrogen-bond donors (Lipinski definition) is 2. The summed E-state index contributed by atoms with van der Waals surface area (Å²) in [6.45, 7) is 4.60.